The number of nitrogens with zero attached hydrogens (tertiary/aromatic N) is 2. The number of rotatable bonds is 3. The summed E-state index contributed by atoms with van der Waals surface area (Å²) >= 11 is 1.60. The molecular formula is C15H12N2O2S. The van der Waals surface area contributed by atoms with Gasteiger partial charge in [0.15, 0.2) is 10.7 Å². The third-order valence-electron chi connectivity index (χ3n) is 3.55. The average Bonchev–Trinajstić information content (AvgIpc) is 3.11. The summed E-state index contributed by atoms with van der Waals surface area (Å²) in [5.41, 5.74) is 2.76. The van der Waals surface area contributed by atoms with E-state index in [1.165, 1.54) is 0 Å². The van der Waals surface area contributed by atoms with E-state index in [1.54, 1.807) is 11.3 Å². The molecule has 0 radical (unpaired) electrons. The topological polar surface area (TPSA) is 43.6 Å². The predicted octanol–water partition coefficient (Wildman–Crippen LogP) is 3.10. The van der Waals surface area contributed by atoms with Crippen molar-refractivity contribution in [3.8, 4) is 5.75 Å². The summed E-state index contributed by atoms with van der Waals surface area (Å²) in [5, 5.41) is 2.00. The molecule has 0 N–H and O–H groups in total. The van der Waals surface area contributed by atoms with Gasteiger partial charge in [0.2, 0.25) is 0 Å². The smallest absolute Gasteiger partial charge is 0.193 e. The first-order chi connectivity index (χ1) is 9.81. The van der Waals surface area contributed by atoms with Crippen molar-refractivity contribution in [2.75, 3.05) is 0 Å². The van der Waals surface area contributed by atoms with Gasteiger partial charge in [0.1, 0.15) is 12.4 Å². The second-order valence-corrected chi connectivity index (χ2v) is 5.69. The Morgan fingerprint density at radius 2 is 2.30 bits per heavy atom. The number of carbonyl (C=O) groups excluding carboxylic acids is 1. The van der Waals surface area contributed by atoms with Crippen molar-refractivity contribution in [2.24, 2.45) is 0 Å². The first-order valence-corrected chi connectivity index (χ1v) is 7.38. The number of aromatic nitrogens is 2. The number of Topliss-reactive ketones (excluding diaryl/α,β-unsaturated/α-hetero) is 1. The maximum Gasteiger partial charge on any atom is 0.193 e. The quantitative estimate of drug-likeness (QED) is 0.742. The standard InChI is InChI=1S/C15H12N2O2S/c18-13-5-4-12-11(13)2-1-3-14(12)19-9-10-8-17-6-7-20-15(17)16-10/h1-3,6-8H,4-5,9H2. The second-order valence-electron chi connectivity index (χ2n) is 4.82. The van der Waals surface area contributed by atoms with E-state index in [1.807, 2.05) is 40.4 Å². The maximum absolute atomic E-state index is 11.7. The molecule has 0 fully saturated rings. The van der Waals surface area contributed by atoms with Crippen LogP contribution >= 0.6 is 11.3 Å². The van der Waals surface area contributed by atoms with Crippen LogP contribution in [0.15, 0.2) is 36.0 Å². The van der Waals surface area contributed by atoms with Gasteiger partial charge < -0.3 is 4.74 Å². The van der Waals surface area contributed by atoms with Crippen molar-refractivity contribution in [3.63, 3.8) is 0 Å². The summed E-state index contributed by atoms with van der Waals surface area (Å²) in [6, 6.07) is 5.68. The highest BCUT2D eigenvalue weighted by Crippen LogP contribution is 2.30. The SMILES string of the molecule is O=C1CCc2c(OCc3cn4ccsc4n3)cccc21. The van der Waals surface area contributed by atoms with Crippen molar-refractivity contribution in [3.05, 3.63) is 52.8 Å². The maximum atomic E-state index is 11.7. The molecule has 4 nitrogen and oxygen atoms in total. The molecule has 1 aliphatic carbocycles. The van der Waals surface area contributed by atoms with Gasteiger partial charge in [0.05, 0.1) is 5.69 Å². The number of hydrogen-bond acceptors (Lipinski definition) is 4. The molecule has 0 atom stereocenters. The molecule has 0 unspecified atom stereocenters. The zero-order valence-corrected chi connectivity index (χ0v) is 11.5. The number of carbonyl (C=O) groups is 1. The predicted molar refractivity (Wildman–Crippen MR) is 76.5 cm³/mol. The third-order valence-corrected chi connectivity index (χ3v) is 4.32. The van der Waals surface area contributed by atoms with Gasteiger partial charge in [-0.15, -0.1) is 11.3 Å². The van der Waals surface area contributed by atoms with Gasteiger partial charge in [0, 0.05) is 35.3 Å². The molecule has 100 valence electrons. The van der Waals surface area contributed by atoms with Crippen LogP contribution in [0.25, 0.3) is 4.96 Å². The molecule has 0 saturated carbocycles. The molecule has 2 heterocycles. The van der Waals surface area contributed by atoms with Crippen molar-refractivity contribution >= 4 is 22.1 Å². The Hall–Kier alpha value is -2.14. The highest BCUT2D eigenvalue weighted by molar-refractivity contribution is 7.15. The highest BCUT2D eigenvalue weighted by atomic mass is 32.1. The van der Waals surface area contributed by atoms with Crippen LogP contribution in [0, 0.1) is 0 Å². The van der Waals surface area contributed by atoms with E-state index in [9.17, 15) is 4.79 Å². The van der Waals surface area contributed by atoms with Crippen molar-refractivity contribution in [2.45, 2.75) is 19.4 Å². The van der Waals surface area contributed by atoms with E-state index >= 15 is 0 Å². The summed E-state index contributed by atoms with van der Waals surface area (Å²) in [5.74, 6) is 1.03. The van der Waals surface area contributed by atoms with Gasteiger partial charge in [-0.2, -0.15) is 0 Å². The first-order valence-electron chi connectivity index (χ1n) is 6.50. The Labute approximate surface area is 119 Å². The Morgan fingerprint density at radius 3 is 3.20 bits per heavy atom. The minimum atomic E-state index is 0.216. The van der Waals surface area contributed by atoms with Crippen LogP contribution in [0.2, 0.25) is 0 Å². The fourth-order valence-electron chi connectivity index (χ4n) is 2.59. The van der Waals surface area contributed by atoms with Crippen LogP contribution in [0.3, 0.4) is 0 Å². The number of thiazole rings is 1. The molecule has 4 rings (SSSR count). The zero-order chi connectivity index (χ0) is 13.5. The van der Waals surface area contributed by atoms with Gasteiger partial charge >= 0.3 is 0 Å². The number of ketones is 1. The van der Waals surface area contributed by atoms with Gasteiger partial charge in [0.25, 0.3) is 0 Å². The summed E-state index contributed by atoms with van der Waals surface area (Å²) in [7, 11) is 0. The lowest BCUT2D eigenvalue weighted by Crippen LogP contribution is -1.99. The van der Waals surface area contributed by atoms with Crippen molar-refractivity contribution in [1.82, 2.24) is 9.38 Å². The molecule has 2 aromatic heterocycles. The lowest BCUT2D eigenvalue weighted by molar-refractivity contribution is 0.0994. The Balaban J connectivity index is 1.58. The fraction of sp³-hybridized carbons (Fsp3) is 0.200. The van der Waals surface area contributed by atoms with E-state index in [4.69, 9.17) is 4.74 Å². The minimum Gasteiger partial charge on any atom is -0.487 e. The molecule has 0 saturated heterocycles. The monoisotopic (exact) mass is 284 g/mol. The molecule has 1 aromatic carbocycles. The van der Waals surface area contributed by atoms with Crippen molar-refractivity contribution < 1.29 is 9.53 Å². The van der Waals surface area contributed by atoms with E-state index in [0.29, 0.717) is 13.0 Å². The number of imidazole rings is 1. The summed E-state index contributed by atoms with van der Waals surface area (Å²) in [4.78, 5) is 17.2. The van der Waals surface area contributed by atoms with E-state index < -0.39 is 0 Å². The summed E-state index contributed by atoms with van der Waals surface area (Å²) in [6.45, 7) is 0.430. The largest absolute Gasteiger partial charge is 0.487 e. The molecule has 0 amide bonds. The number of hydrogen-bond donors (Lipinski definition) is 0. The molecule has 0 spiro atoms. The van der Waals surface area contributed by atoms with Crippen molar-refractivity contribution in [1.29, 1.82) is 0 Å². The van der Waals surface area contributed by atoms with Crippen LogP contribution in [0.5, 0.6) is 5.75 Å². The second kappa shape index (κ2) is 4.45. The van der Waals surface area contributed by atoms with E-state index in [2.05, 4.69) is 4.98 Å². The Kier molecular flexibility index (Phi) is 2.60. The molecule has 20 heavy (non-hydrogen) atoms. The lowest BCUT2D eigenvalue weighted by atomic mass is 10.1. The van der Waals surface area contributed by atoms with E-state index in [0.717, 1.165) is 34.0 Å². The Morgan fingerprint density at radius 1 is 1.35 bits per heavy atom. The third kappa shape index (κ3) is 1.82. The van der Waals surface area contributed by atoms with Crippen LogP contribution in [0.1, 0.15) is 28.0 Å². The van der Waals surface area contributed by atoms with Gasteiger partial charge in [-0.25, -0.2) is 4.98 Å². The minimum absolute atomic E-state index is 0.216. The fourth-order valence-corrected chi connectivity index (χ4v) is 3.31. The van der Waals surface area contributed by atoms with E-state index in [-0.39, 0.29) is 5.78 Å². The first kappa shape index (κ1) is 11.7. The molecule has 0 aliphatic heterocycles. The highest BCUT2D eigenvalue weighted by Gasteiger charge is 2.22. The number of ether oxygens (including phenoxy) is 1. The van der Waals surface area contributed by atoms with Gasteiger partial charge in [-0.05, 0) is 12.5 Å². The summed E-state index contributed by atoms with van der Waals surface area (Å²) in [6.07, 6.45) is 5.33. The molecule has 3 aromatic rings. The van der Waals surface area contributed by atoms with Crippen LogP contribution < -0.4 is 4.74 Å². The zero-order valence-electron chi connectivity index (χ0n) is 10.7. The molecule has 1 aliphatic rings. The van der Waals surface area contributed by atoms with Crippen LogP contribution in [-0.4, -0.2) is 15.2 Å². The molecule has 5 heteroatoms. The summed E-state index contributed by atoms with van der Waals surface area (Å²) < 4.78 is 7.85. The molecular weight excluding hydrogens is 272 g/mol. The Bertz CT molecular complexity index is 775. The average molecular weight is 284 g/mol. The van der Waals surface area contributed by atoms with Gasteiger partial charge in [-0.1, -0.05) is 12.1 Å². The van der Waals surface area contributed by atoms with Crippen LogP contribution in [0.4, 0.5) is 0 Å². The molecule has 0 bridgehead atoms. The normalized spacial score (nSPS) is 13.9. The number of benzene rings is 1. The van der Waals surface area contributed by atoms with Crippen LogP contribution in [-0.2, 0) is 13.0 Å². The van der Waals surface area contributed by atoms with Gasteiger partial charge in [-0.3, -0.25) is 9.20 Å². The lowest BCUT2D eigenvalue weighted by Gasteiger charge is -2.08. The number of fused-ring (bicyclic) bond motifs is 2.